The molecule has 120 valence electrons. The van der Waals surface area contributed by atoms with Crippen LogP contribution in [0.2, 0.25) is 0 Å². The highest BCUT2D eigenvalue weighted by molar-refractivity contribution is 5.44. The maximum absolute atomic E-state index is 6.01. The van der Waals surface area contributed by atoms with Crippen molar-refractivity contribution in [1.29, 1.82) is 0 Å². The van der Waals surface area contributed by atoms with Crippen molar-refractivity contribution >= 4 is 0 Å². The molecule has 4 nitrogen and oxygen atoms in total. The lowest BCUT2D eigenvalue weighted by molar-refractivity contribution is 0.258. The van der Waals surface area contributed by atoms with Gasteiger partial charge in [-0.3, -0.25) is 0 Å². The topological polar surface area (TPSA) is 47.7 Å². The summed E-state index contributed by atoms with van der Waals surface area (Å²) in [4.78, 5) is 2.49. The molecule has 4 heteroatoms. The fourth-order valence-corrected chi connectivity index (χ4v) is 2.66. The highest BCUT2D eigenvalue weighted by atomic mass is 16.5. The van der Waals surface area contributed by atoms with Crippen LogP contribution in [0.15, 0.2) is 18.2 Å². The van der Waals surface area contributed by atoms with Crippen LogP contribution < -0.4 is 15.2 Å². The second-order valence-corrected chi connectivity index (χ2v) is 5.35. The van der Waals surface area contributed by atoms with E-state index in [1.807, 2.05) is 12.1 Å². The van der Waals surface area contributed by atoms with Crippen LogP contribution in [0.4, 0.5) is 0 Å². The van der Waals surface area contributed by atoms with E-state index < -0.39 is 0 Å². The Hall–Kier alpha value is -1.26. The molecule has 1 atom stereocenters. The van der Waals surface area contributed by atoms with Gasteiger partial charge >= 0.3 is 0 Å². The smallest absolute Gasteiger partial charge is 0.160 e. The Labute approximate surface area is 129 Å². The summed E-state index contributed by atoms with van der Waals surface area (Å²) in [6.07, 6.45) is 2.34. The fraction of sp³-hybridized carbons (Fsp3) is 0.647. The SMILES string of the molecule is CCCN(CCC)CC(CN)c1ccc(OC)c(OC)c1. The number of benzene rings is 1. The minimum atomic E-state index is 0.322. The Balaban J connectivity index is 2.87. The summed E-state index contributed by atoms with van der Waals surface area (Å²) in [5.41, 5.74) is 7.22. The van der Waals surface area contributed by atoms with Gasteiger partial charge in [-0.25, -0.2) is 0 Å². The molecule has 0 bridgehead atoms. The molecular weight excluding hydrogens is 264 g/mol. The van der Waals surface area contributed by atoms with E-state index >= 15 is 0 Å². The lowest BCUT2D eigenvalue weighted by Gasteiger charge is -2.27. The molecule has 0 spiro atoms. The molecule has 1 aromatic carbocycles. The summed E-state index contributed by atoms with van der Waals surface area (Å²) in [6, 6.07) is 6.10. The summed E-state index contributed by atoms with van der Waals surface area (Å²) in [5, 5.41) is 0. The first-order valence-corrected chi connectivity index (χ1v) is 7.84. The molecule has 0 amide bonds. The quantitative estimate of drug-likeness (QED) is 0.721. The van der Waals surface area contributed by atoms with E-state index in [4.69, 9.17) is 15.2 Å². The first-order valence-electron chi connectivity index (χ1n) is 7.84. The predicted octanol–water partition coefficient (Wildman–Crippen LogP) is 2.87. The summed E-state index contributed by atoms with van der Waals surface area (Å²) in [7, 11) is 3.32. The number of rotatable bonds is 10. The van der Waals surface area contributed by atoms with Gasteiger partial charge in [0.1, 0.15) is 0 Å². The van der Waals surface area contributed by atoms with E-state index in [-0.39, 0.29) is 0 Å². The highest BCUT2D eigenvalue weighted by Gasteiger charge is 2.16. The van der Waals surface area contributed by atoms with Gasteiger partial charge in [0, 0.05) is 19.0 Å². The third-order valence-corrected chi connectivity index (χ3v) is 3.72. The first kappa shape index (κ1) is 17.8. The van der Waals surface area contributed by atoms with Crippen molar-refractivity contribution in [3.8, 4) is 11.5 Å². The van der Waals surface area contributed by atoms with Crippen molar-refractivity contribution < 1.29 is 9.47 Å². The third kappa shape index (κ3) is 5.21. The monoisotopic (exact) mass is 294 g/mol. The molecule has 1 aromatic rings. The van der Waals surface area contributed by atoms with Gasteiger partial charge in [0.2, 0.25) is 0 Å². The average Bonchev–Trinajstić information content (AvgIpc) is 2.52. The van der Waals surface area contributed by atoms with Crippen LogP contribution in [0, 0.1) is 0 Å². The maximum atomic E-state index is 6.01. The van der Waals surface area contributed by atoms with Gasteiger partial charge in [0.15, 0.2) is 11.5 Å². The predicted molar refractivity (Wildman–Crippen MR) is 88.4 cm³/mol. The molecule has 0 radical (unpaired) electrons. The van der Waals surface area contributed by atoms with Gasteiger partial charge in [-0.1, -0.05) is 19.9 Å². The third-order valence-electron chi connectivity index (χ3n) is 3.72. The van der Waals surface area contributed by atoms with Gasteiger partial charge in [-0.05, 0) is 43.6 Å². The van der Waals surface area contributed by atoms with Gasteiger partial charge in [0.25, 0.3) is 0 Å². The average molecular weight is 294 g/mol. The molecule has 1 unspecified atom stereocenters. The van der Waals surface area contributed by atoms with E-state index in [9.17, 15) is 0 Å². The zero-order valence-corrected chi connectivity index (χ0v) is 13.9. The number of hydrogen-bond donors (Lipinski definition) is 1. The van der Waals surface area contributed by atoms with Gasteiger partial charge in [-0.15, -0.1) is 0 Å². The number of hydrogen-bond acceptors (Lipinski definition) is 4. The zero-order valence-electron chi connectivity index (χ0n) is 13.9. The summed E-state index contributed by atoms with van der Waals surface area (Å²) in [5.74, 6) is 1.85. The Morgan fingerprint density at radius 1 is 1.05 bits per heavy atom. The van der Waals surface area contributed by atoms with Crippen LogP contribution >= 0.6 is 0 Å². The van der Waals surface area contributed by atoms with Crippen molar-refractivity contribution in [2.45, 2.75) is 32.6 Å². The second-order valence-electron chi connectivity index (χ2n) is 5.35. The fourth-order valence-electron chi connectivity index (χ4n) is 2.66. The Bertz CT molecular complexity index is 404. The van der Waals surface area contributed by atoms with Crippen LogP contribution in [0.1, 0.15) is 38.2 Å². The number of nitrogens with two attached hydrogens (primary N) is 1. The van der Waals surface area contributed by atoms with Gasteiger partial charge < -0.3 is 20.1 Å². The number of nitrogens with zero attached hydrogens (tertiary/aromatic N) is 1. The van der Waals surface area contributed by atoms with Crippen molar-refractivity contribution in [1.82, 2.24) is 4.90 Å². The lowest BCUT2D eigenvalue weighted by atomic mass is 9.97. The van der Waals surface area contributed by atoms with Crippen LogP contribution in [0.5, 0.6) is 11.5 Å². The van der Waals surface area contributed by atoms with Crippen molar-refractivity contribution in [2.75, 3.05) is 40.4 Å². The zero-order chi connectivity index (χ0) is 15.7. The minimum Gasteiger partial charge on any atom is -0.493 e. The van der Waals surface area contributed by atoms with E-state index in [0.29, 0.717) is 12.5 Å². The number of ether oxygens (including phenoxy) is 2. The largest absolute Gasteiger partial charge is 0.493 e. The van der Waals surface area contributed by atoms with E-state index in [1.165, 1.54) is 18.4 Å². The van der Waals surface area contributed by atoms with E-state index in [0.717, 1.165) is 31.1 Å². The van der Waals surface area contributed by atoms with Crippen molar-refractivity contribution in [3.05, 3.63) is 23.8 Å². The van der Waals surface area contributed by atoms with Crippen LogP contribution in [-0.2, 0) is 0 Å². The minimum absolute atomic E-state index is 0.322. The van der Waals surface area contributed by atoms with Crippen LogP contribution in [0.3, 0.4) is 0 Å². The van der Waals surface area contributed by atoms with E-state index in [2.05, 4.69) is 24.8 Å². The molecule has 0 aliphatic heterocycles. The normalized spacial score (nSPS) is 12.5. The lowest BCUT2D eigenvalue weighted by Crippen LogP contribution is -2.33. The molecule has 2 N–H and O–H groups in total. The van der Waals surface area contributed by atoms with Crippen LogP contribution in [-0.4, -0.2) is 45.3 Å². The molecule has 21 heavy (non-hydrogen) atoms. The van der Waals surface area contributed by atoms with Gasteiger partial charge in [0.05, 0.1) is 14.2 Å². The molecule has 0 fully saturated rings. The second kappa shape index (κ2) is 9.64. The molecule has 0 aliphatic carbocycles. The summed E-state index contributed by atoms with van der Waals surface area (Å²) in [6.45, 7) is 8.31. The van der Waals surface area contributed by atoms with Gasteiger partial charge in [-0.2, -0.15) is 0 Å². The molecule has 0 aromatic heterocycles. The highest BCUT2D eigenvalue weighted by Crippen LogP contribution is 2.30. The number of methoxy groups -OCH3 is 2. The molecular formula is C17H30N2O2. The Morgan fingerprint density at radius 2 is 1.67 bits per heavy atom. The van der Waals surface area contributed by atoms with Crippen molar-refractivity contribution in [3.63, 3.8) is 0 Å². The Kier molecular flexibility index (Phi) is 8.16. The van der Waals surface area contributed by atoms with Crippen molar-refractivity contribution in [2.24, 2.45) is 5.73 Å². The molecule has 1 rings (SSSR count). The molecule has 0 saturated heterocycles. The molecule has 0 aliphatic rings. The Morgan fingerprint density at radius 3 is 2.14 bits per heavy atom. The summed E-state index contributed by atoms with van der Waals surface area (Å²) < 4.78 is 10.7. The maximum Gasteiger partial charge on any atom is 0.160 e. The molecule has 0 saturated carbocycles. The first-order chi connectivity index (χ1) is 10.2. The van der Waals surface area contributed by atoms with Crippen LogP contribution in [0.25, 0.3) is 0 Å². The van der Waals surface area contributed by atoms with E-state index in [1.54, 1.807) is 14.2 Å². The summed E-state index contributed by atoms with van der Waals surface area (Å²) >= 11 is 0. The molecule has 0 heterocycles. The standard InChI is InChI=1S/C17H30N2O2/c1-5-9-19(10-6-2)13-15(12-18)14-7-8-16(20-3)17(11-14)21-4/h7-8,11,15H,5-6,9-10,12-13,18H2,1-4H3.